The lowest BCUT2D eigenvalue weighted by molar-refractivity contribution is 0.614. The van der Waals surface area contributed by atoms with E-state index in [0.29, 0.717) is 17.0 Å². The number of aromatic nitrogens is 2. The van der Waals surface area contributed by atoms with Crippen LogP contribution in [-0.4, -0.2) is 9.55 Å². The molecule has 0 N–H and O–H groups in total. The van der Waals surface area contributed by atoms with Gasteiger partial charge >= 0.3 is 0 Å². The Kier molecular flexibility index (Phi) is 3.35. The van der Waals surface area contributed by atoms with Gasteiger partial charge in [0.25, 0.3) is 0 Å². The molecule has 0 radical (unpaired) electrons. The second-order valence-electron chi connectivity index (χ2n) is 7.05. The van der Waals surface area contributed by atoms with Crippen LogP contribution >= 0.6 is 0 Å². The van der Waals surface area contributed by atoms with Gasteiger partial charge in [0.1, 0.15) is 11.3 Å². The molecule has 6 aromatic rings. The smallest absolute Gasteiger partial charge is 0.227 e. The van der Waals surface area contributed by atoms with Crippen molar-refractivity contribution in [3.05, 3.63) is 96.8 Å². The van der Waals surface area contributed by atoms with Crippen LogP contribution in [0, 0.1) is 5.82 Å². The zero-order chi connectivity index (χ0) is 19.4. The lowest BCUT2D eigenvalue weighted by atomic mass is 10.2. The van der Waals surface area contributed by atoms with E-state index in [4.69, 9.17) is 4.42 Å². The van der Waals surface area contributed by atoms with E-state index in [-0.39, 0.29) is 5.82 Å². The fourth-order valence-corrected chi connectivity index (χ4v) is 3.98. The van der Waals surface area contributed by atoms with E-state index in [9.17, 15) is 4.39 Å². The number of benzene rings is 4. The second kappa shape index (κ2) is 6.04. The monoisotopic (exact) mass is 378 g/mol. The van der Waals surface area contributed by atoms with Crippen LogP contribution in [0.3, 0.4) is 0 Å². The van der Waals surface area contributed by atoms with E-state index in [1.54, 1.807) is 6.07 Å². The zero-order valence-corrected chi connectivity index (χ0v) is 15.3. The van der Waals surface area contributed by atoms with Crippen molar-refractivity contribution in [1.29, 1.82) is 0 Å². The number of hydrogen-bond acceptors (Lipinski definition) is 2. The van der Waals surface area contributed by atoms with Crippen LogP contribution < -0.4 is 0 Å². The van der Waals surface area contributed by atoms with Crippen molar-refractivity contribution in [3.8, 4) is 17.1 Å². The molecule has 4 aromatic carbocycles. The lowest BCUT2D eigenvalue weighted by Crippen LogP contribution is -1.93. The molecule has 0 aliphatic heterocycles. The minimum absolute atomic E-state index is 0.320. The molecule has 0 saturated heterocycles. The maximum absolute atomic E-state index is 13.4. The highest BCUT2D eigenvalue weighted by molar-refractivity contribution is 6.09. The quantitative estimate of drug-likeness (QED) is 0.334. The predicted molar refractivity (Wildman–Crippen MR) is 114 cm³/mol. The number of rotatable bonds is 2. The van der Waals surface area contributed by atoms with E-state index in [0.717, 1.165) is 11.3 Å². The average Bonchev–Trinajstić information content (AvgIpc) is 3.33. The average molecular weight is 378 g/mol. The molecule has 4 heteroatoms. The molecular weight excluding hydrogens is 363 g/mol. The summed E-state index contributed by atoms with van der Waals surface area (Å²) in [6.07, 6.45) is 0. The number of fused-ring (bicyclic) bond motifs is 4. The van der Waals surface area contributed by atoms with Gasteiger partial charge in [0.2, 0.25) is 5.89 Å². The standard InChI is InChI=1S/C25H15FN2O/c26-17-11-14-24-21(15-17)27-25(29-24)16-9-12-18(13-10-16)28-22-7-3-1-5-19(22)20-6-2-4-8-23(20)28/h1-15H. The van der Waals surface area contributed by atoms with Crippen LogP contribution in [0.25, 0.3) is 50.0 Å². The van der Waals surface area contributed by atoms with Crippen LogP contribution in [0.1, 0.15) is 0 Å². The fraction of sp³-hybridized carbons (Fsp3) is 0. The first kappa shape index (κ1) is 16.1. The molecule has 2 heterocycles. The summed E-state index contributed by atoms with van der Waals surface area (Å²) in [7, 11) is 0. The largest absolute Gasteiger partial charge is 0.436 e. The van der Waals surface area contributed by atoms with Gasteiger partial charge < -0.3 is 8.98 Å². The van der Waals surface area contributed by atoms with Gasteiger partial charge in [-0.2, -0.15) is 0 Å². The molecule has 3 nitrogen and oxygen atoms in total. The molecule has 2 aromatic heterocycles. The summed E-state index contributed by atoms with van der Waals surface area (Å²) in [4.78, 5) is 4.42. The highest BCUT2D eigenvalue weighted by atomic mass is 19.1. The maximum atomic E-state index is 13.4. The van der Waals surface area contributed by atoms with Gasteiger partial charge in [0.15, 0.2) is 5.58 Å². The molecule has 29 heavy (non-hydrogen) atoms. The van der Waals surface area contributed by atoms with Gasteiger partial charge in [-0.25, -0.2) is 9.37 Å². The van der Waals surface area contributed by atoms with Gasteiger partial charge in [-0.3, -0.25) is 0 Å². The topological polar surface area (TPSA) is 31.0 Å². The lowest BCUT2D eigenvalue weighted by Gasteiger charge is -2.08. The predicted octanol–water partition coefficient (Wildman–Crippen LogP) is 6.73. The van der Waals surface area contributed by atoms with E-state index in [2.05, 4.69) is 70.2 Å². The Bertz CT molecular complexity index is 1460. The first-order valence-corrected chi connectivity index (χ1v) is 9.43. The Morgan fingerprint density at radius 3 is 2.07 bits per heavy atom. The van der Waals surface area contributed by atoms with Crippen molar-refractivity contribution >= 4 is 32.9 Å². The van der Waals surface area contributed by atoms with Gasteiger partial charge in [0.05, 0.1) is 11.0 Å². The Morgan fingerprint density at radius 1 is 0.724 bits per heavy atom. The third kappa shape index (κ3) is 2.46. The van der Waals surface area contributed by atoms with Crippen molar-refractivity contribution in [3.63, 3.8) is 0 Å². The number of para-hydroxylation sites is 2. The number of halogens is 1. The van der Waals surface area contributed by atoms with E-state index < -0.39 is 0 Å². The van der Waals surface area contributed by atoms with E-state index >= 15 is 0 Å². The highest BCUT2D eigenvalue weighted by Crippen LogP contribution is 2.32. The van der Waals surface area contributed by atoms with Crippen LogP contribution in [-0.2, 0) is 0 Å². The molecular formula is C25H15FN2O. The van der Waals surface area contributed by atoms with Crippen LogP contribution in [0.15, 0.2) is 95.4 Å². The molecule has 0 aliphatic rings. The molecule has 0 fully saturated rings. The summed E-state index contributed by atoms with van der Waals surface area (Å²) in [5.41, 5.74) is 5.34. The van der Waals surface area contributed by atoms with Crippen molar-refractivity contribution in [2.45, 2.75) is 0 Å². The summed E-state index contributed by atoms with van der Waals surface area (Å²) >= 11 is 0. The Labute approximate surface area is 165 Å². The van der Waals surface area contributed by atoms with Gasteiger partial charge in [-0.15, -0.1) is 0 Å². The highest BCUT2D eigenvalue weighted by Gasteiger charge is 2.13. The first-order chi connectivity index (χ1) is 14.3. The molecule has 138 valence electrons. The summed E-state index contributed by atoms with van der Waals surface area (Å²) in [5.74, 6) is 0.165. The minimum Gasteiger partial charge on any atom is -0.436 e. The second-order valence-corrected chi connectivity index (χ2v) is 7.05. The van der Waals surface area contributed by atoms with Crippen molar-refractivity contribution in [2.24, 2.45) is 0 Å². The van der Waals surface area contributed by atoms with Gasteiger partial charge in [0, 0.05) is 28.1 Å². The number of oxazole rings is 1. The molecule has 0 saturated carbocycles. The van der Waals surface area contributed by atoms with Crippen LogP contribution in [0.2, 0.25) is 0 Å². The maximum Gasteiger partial charge on any atom is 0.227 e. The van der Waals surface area contributed by atoms with E-state index in [1.165, 1.54) is 33.9 Å². The molecule has 0 aliphatic carbocycles. The SMILES string of the molecule is Fc1ccc2oc(-c3ccc(-n4c5ccccc5c5ccccc54)cc3)nc2c1. The minimum atomic E-state index is -0.320. The molecule has 0 spiro atoms. The molecule has 0 amide bonds. The summed E-state index contributed by atoms with van der Waals surface area (Å²) in [6, 6.07) is 29.3. The molecule has 0 atom stereocenters. The third-order valence-corrected chi connectivity index (χ3v) is 5.30. The Morgan fingerprint density at radius 2 is 1.38 bits per heavy atom. The summed E-state index contributed by atoms with van der Waals surface area (Å²) in [5, 5.41) is 2.46. The van der Waals surface area contributed by atoms with Crippen molar-refractivity contribution in [2.75, 3.05) is 0 Å². The third-order valence-electron chi connectivity index (χ3n) is 5.30. The number of hydrogen-bond donors (Lipinski definition) is 0. The molecule has 0 unspecified atom stereocenters. The van der Waals surface area contributed by atoms with Crippen molar-refractivity contribution < 1.29 is 8.81 Å². The van der Waals surface area contributed by atoms with Gasteiger partial charge in [-0.05, 0) is 48.5 Å². The van der Waals surface area contributed by atoms with Crippen LogP contribution in [0.4, 0.5) is 4.39 Å². The summed E-state index contributed by atoms with van der Waals surface area (Å²) < 4.78 is 21.5. The Balaban J connectivity index is 1.50. The van der Waals surface area contributed by atoms with Gasteiger partial charge in [-0.1, -0.05) is 36.4 Å². The molecule has 0 bridgehead atoms. The Hall–Kier alpha value is -3.92. The molecule has 6 rings (SSSR count). The summed E-state index contributed by atoms with van der Waals surface area (Å²) in [6.45, 7) is 0. The number of nitrogens with zero attached hydrogens (tertiary/aromatic N) is 2. The normalized spacial score (nSPS) is 11.6. The first-order valence-electron chi connectivity index (χ1n) is 9.43. The fourth-order valence-electron chi connectivity index (χ4n) is 3.98. The zero-order valence-electron chi connectivity index (χ0n) is 15.3. The van der Waals surface area contributed by atoms with Crippen molar-refractivity contribution in [1.82, 2.24) is 9.55 Å². The van der Waals surface area contributed by atoms with Crippen LogP contribution in [0.5, 0.6) is 0 Å². The van der Waals surface area contributed by atoms with E-state index in [1.807, 2.05) is 12.1 Å².